The van der Waals surface area contributed by atoms with Crippen LogP contribution in [0.3, 0.4) is 0 Å². The van der Waals surface area contributed by atoms with Crippen molar-refractivity contribution >= 4 is 11.6 Å². The molecule has 0 aliphatic rings. The van der Waals surface area contributed by atoms with Crippen LogP contribution >= 0.6 is 0 Å². The summed E-state index contributed by atoms with van der Waals surface area (Å²) in [4.78, 5) is 12.3. The minimum absolute atomic E-state index is 0.0878. The van der Waals surface area contributed by atoms with Gasteiger partial charge in [-0.1, -0.05) is 0 Å². The number of carbonyl (C=O) groups is 1. The predicted octanol–water partition coefficient (Wildman–Crippen LogP) is 3.77. The maximum atomic E-state index is 13.6. The van der Waals surface area contributed by atoms with Crippen LogP contribution in [0, 0.1) is 11.6 Å². The van der Waals surface area contributed by atoms with Gasteiger partial charge in [-0.25, -0.2) is 8.78 Å². The van der Waals surface area contributed by atoms with Crippen LogP contribution in [0.4, 0.5) is 14.5 Å². The molecule has 4 nitrogen and oxygen atoms in total. The van der Waals surface area contributed by atoms with E-state index in [4.69, 9.17) is 9.47 Å². The van der Waals surface area contributed by atoms with Crippen LogP contribution in [0.2, 0.25) is 0 Å². The standard InChI is InChI=1S/C17H17F2NO3/c1-17(2,23-13-7-4-11(18)5-8-13)16(21)20-12-6-9-15(22-3)14(19)10-12/h4-10H,1-3H3,(H,20,21). The van der Waals surface area contributed by atoms with Crippen molar-refractivity contribution in [3.8, 4) is 11.5 Å². The van der Waals surface area contributed by atoms with Crippen molar-refractivity contribution in [2.75, 3.05) is 12.4 Å². The Balaban J connectivity index is 2.08. The average molecular weight is 321 g/mol. The number of amides is 1. The highest BCUT2D eigenvalue weighted by Crippen LogP contribution is 2.23. The molecule has 0 aliphatic heterocycles. The van der Waals surface area contributed by atoms with Crippen molar-refractivity contribution in [2.24, 2.45) is 0 Å². The van der Waals surface area contributed by atoms with E-state index >= 15 is 0 Å². The van der Waals surface area contributed by atoms with Gasteiger partial charge in [-0.3, -0.25) is 4.79 Å². The number of hydrogen-bond donors (Lipinski definition) is 1. The minimum atomic E-state index is -1.23. The van der Waals surface area contributed by atoms with Crippen LogP contribution in [0.25, 0.3) is 0 Å². The second-order valence-corrected chi connectivity index (χ2v) is 5.37. The summed E-state index contributed by atoms with van der Waals surface area (Å²) in [5.74, 6) is -1.00. The number of ether oxygens (including phenoxy) is 2. The number of halogens is 2. The molecule has 2 aromatic rings. The van der Waals surface area contributed by atoms with Crippen LogP contribution < -0.4 is 14.8 Å². The molecule has 0 radical (unpaired) electrons. The Bertz CT molecular complexity index is 699. The molecule has 1 amide bonds. The van der Waals surface area contributed by atoms with Crippen LogP contribution in [0.5, 0.6) is 11.5 Å². The van der Waals surface area contributed by atoms with Crippen molar-refractivity contribution in [3.05, 3.63) is 54.1 Å². The molecule has 0 atom stereocenters. The highest BCUT2D eigenvalue weighted by Gasteiger charge is 2.30. The molecule has 0 saturated heterocycles. The summed E-state index contributed by atoms with van der Waals surface area (Å²) >= 11 is 0. The molecule has 0 aromatic heterocycles. The van der Waals surface area contributed by atoms with Crippen LogP contribution in [-0.2, 0) is 4.79 Å². The van der Waals surface area contributed by atoms with Crippen LogP contribution in [-0.4, -0.2) is 18.6 Å². The topological polar surface area (TPSA) is 47.6 Å². The SMILES string of the molecule is COc1ccc(NC(=O)C(C)(C)Oc2ccc(F)cc2)cc1F. The number of nitrogens with one attached hydrogen (secondary N) is 1. The van der Waals surface area contributed by atoms with Crippen molar-refractivity contribution in [2.45, 2.75) is 19.4 Å². The zero-order valence-corrected chi connectivity index (χ0v) is 13.0. The smallest absolute Gasteiger partial charge is 0.267 e. The molecular formula is C17H17F2NO3. The molecule has 6 heteroatoms. The lowest BCUT2D eigenvalue weighted by molar-refractivity contribution is -0.128. The Morgan fingerprint density at radius 2 is 1.74 bits per heavy atom. The highest BCUT2D eigenvalue weighted by atomic mass is 19.1. The fourth-order valence-corrected chi connectivity index (χ4v) is 1.87. The lowest BCUT2D eigenvalue weighted by atomic mass is 10.1. The Kier molecular flexibility index (Phi) is 4.83. The number of benzene rings is 2. The normalized spacial score (nSPS) is 11.0. The van der Waals surface area contributed by atoms with E-state index in [1.54, 1.807) is 13.8 Å². The second-order valence-electron chi connectivity index (χ2n) is 5.37. The predicted molar refractivity (Wildman–Crippen MR) is 82.7 cm³/mol. The van der Waals surface area contributed by atoms with Crippen molar-refractivity contribution in [3.63, 3.8) is 0 Å². The molecule has 0 spiro atoms. The largest absolute Gasteiger partial charge is 0.494 e. The van der Waals surface area contributed by atoms with E-state index in [2.05, 4.69) is 5.32 Å². The van der Waals surface area contributed by atoms with Gasteiger partial charge in [0, 0.05) is 11.8 Å². The first kappa shape index (κ1) is 16.7. The van der Waals surface area contributed by atoms with Gasteiger partial charge in [0.2, 0.25) is 0 Å². The number of anilines is 1. The van der Waals surface area contributed by atoms with Gasteiger partial charge in [0.15, 0.2) is 17.2 Å². The van der Waals surface area contributed by atoms with E-state index in [-0.39, 0.29) is 11.4 Å². The number of rotatable bonds is 5. The van der Waals surface area contributed by atoms with Gasteiger partial charge in [-0.15, -0.1) is 0 Å². The molecule has 0 saturated carbocycles. The van der Waals surface area contributed by atoms with Gasteiger partial charge in [0.1, 0.15) is 11.6 Å². The van der Waals surface area contributed by atoms with Gasteiger partial charge in [0.05, 0.1) is 7.11 Å². The molecule has 0 bridgehead atoms. The fourth-order valence-electron chi connectivity index (χ4n) is 1.87. The lowest BCUT2D eigenvalue weighted by Crippen LogP contribution is -2.42. The number of hydrogen-bond acceptors (Lipinski definition) is 3. The summed E-state index contributed by atoms with van der Waals surface area (Å²) in [6.45, 7) is 3.12. The maximum Gasteiger partial charge on any atom is 0.267 e. The molecule has 0 heterocycles. The molecule has 0 aliphatic carbocycles. The molecule has 1 N–H and O–H groups in total. The summed E-state index contributed by atoms with van der Waals surface area (Å²) in [6, 6.07) is 9.43. The molecule has 122 valence electrons. The average Bonchev–Trinajstić information content (AvgIpc) is 2.49. The molecule has 23 heavy (non-hydrogen) atoms. The third-order valence-corrected chi connectivity index (χ3v) is 3.14. The summed E-state index contributed by atoms with van der Waals surface area (Å²) in [5, 5.41) is 2.57. The van der Waals surface area contributed by atoms with E-state index in [0.717, 1.165) is 6.07 Å². The van der Waals surface area contributed by atoms with E-state index in [1.165, 1.54) is 43.5 Å². The highest BCUT2D eigenvalue weighted by molar-refractivity contribution is 5.97. The summed E-state index contributed by atoms with van der Waals surface area (Å²) in [5.41, 5.74) is -0.946. The molecular weight excluding hydrogens is 304 g/mol. The van der Waals surface area contributed by atoms with Gasteiger partial charge in [-0.05, 0) is 50.2 Å². The first-order valence-corrected chi connectivity index (χ1v) is 6.91. The van der Waals surface area contributed by atoms with Gasteiger partial charge >= 0.3 is 0 Å². The fraction of sp³-hybridized carbons (Fsp3) is 0.235. The number of carbonyl (C=O) groups excluding carboxylic acids is 1. The Hall–Kier alpha value is -2.63. The van der Waals surface area contributed by atoms with Gasteiger partial charge in [-0.2, -0.15) is 0 Å². The summed E-state index contributed by atoms with van der Waals surface area (Å²) in [7, 11) is 1.36. The molecule has 2 rings (SSSR count). The minimum Gasteiger partial charge on any atom is -0.494 e. The van der Waals surface area contributed by atoms with E-state index in [0.29, 0.717) is 5.75 Å². The Morgan fingerprint density at radius 3 is 2.30 bits per heavy atom. The lowest BCUT2D eigenvalue weighted by Gasteiger charge is -2.25. The van der Waals surface area contributed by atoms with Gasteiger partial charge in [0.25, 0.3) is 5.91 Å². The van der Waals surface area contributed by atoms with E-state index < -0.39 is 23.1 Å². The van der Waals surface area contributed by atoms with Crippen molar-refractivity contribution in [1.29, 1.82) is 0 Å². The molecule has 2 aromatic carbocycles. The van der Waals surface area contributed by atoms with Crippen LogP contribution in [0.15, 0.2) is 42.5 Å². The summed E-state index contributed by atoms with van der Waals surface area (Å²) in [6.07, 6.45) is 0. The Labute approximate surface area is 133 Å². The van der Waals surface area contributed by atoms with E-state index in [1.807, 2.05) is 0 Å². The third kappa shape index (κ3) is 4.18. The first-order chi connectivity index (χ1) is 10.8. The quantitative estimate of drug-likeness (QED) is 0.912. The number of methoxy groups -OCH3 is 1. The van der Waals surface area contributed by atoms with Crippen LogP contribution in [0.1, 0.15) is 13.8 Å². The molecule has 0 unspecified atom stereocenters. The Morgan fingerprint density at radius 1 is 1.09 bits per heavy atom. The zero-order chi connectivity index (χ0) is 17.0. The van der Waals surface area contributed by atoms with E-state index in [9.17, 15) is 13.6 Å². The van der Waals surface area contributed by atoms with Crippen molar-refractivity contribution < 1.29 is 23.0 Å². The third-order valence-electron chi connectivity index (χ3n) is 3.14. The summed E-state index contributed by atoms with van der Waals surface area (Å²) < 4.78 is 36.9. The zero-order valence-electron chi connectivity index (χ0n) is 13.0. The monoisotopic (exact) mass is 321 g/mol. The van der Waals surface area contributed by atoms with Crippen molar-refractivity contribution in [1.82, 2.24) is 0 Å². The second kappa shape index (κ2) is 6.64. The maximum absolute atomic E-state index is 13.6. The van der Waals surface area contributed by atoms with Gasteiger partial charge < -0.3 is 14.8 Å². The first-order valence-electron chi connectivity index (χ1n) is 6.91. The molecule has 0 fully saturated rings.